The van der Waals surface area contributed by atoms with Gasteiger partial charge in [0, 0.05) is 17.3 Å². The monoisotopic (exact) mass is 301 g/mol. The molecule has 1 atom stereocenters. The molecule has 1 rings (SSSR count). The molecule has 0 saturated carbocycles. The lowest BCUT2D eigenvalue weighted by Crippen LogP contribution is -2.15. The van der Waals surface area contributed by atoms with E-state index in [1.54, 1.807) is 6.07 Å². The third-order valence-corrected chi connectivity index (χ3v) is 3.63. The van der Waals surface area contributed by atoms with Crippen LogP contribution in [0.4, 0.5) is 13.2 Å². The molecule has 1 aromatic rings. The van der Waals surface area contributed by atoms with Crippen molar-refractivity contribution < 1.29 is 13.2 Å². The molecule has 1 nitrogen and oxygen atoms in total. The molecule has 86 valence electrons. The molecular formula is C9H11BrF3NS. The topological polar surface area (TPSA) is 26.0 Å². The van der Waals surface area contributed by atoms with Gasteiger partial charge in [-0.25, -0.2) is 0 Å². The highest BCUT2D eigenvalue weighted by Gasteiger charge is 2.28. The van der Waals surface area contributed by atoms with Gasteiger partial charge in [-0.1, -0.05) is 0 Å². The molecule has 0 radical (unpaired) electrons. The van der Waals surface area contributed by atoms with Gasteiger partial charge in [-0.15, -0.1) is 11.3 Å². The van der Waals surface area contributed by atoms with Crippen LogP contribution in [0.15, 0.2) is 9.85 Å². The van der Waals surface area contributed by atoms with Crippen molar-refractivity contribution in [2.45, 2.75) is 32.0 Å². The van der Waals surface area contributed by atoms with Crippen LogP contribution in [0.3, 0.4) is 0 Å². The lowest BCUT2D eigenvalue weighted by atomic mass is 10.0. The van der Waals surface area contributed by atoms with Gasteiger partial charge in [0.15, 0.2) is 0 Å². The van der Waals surface area contributed by atoms with E-state index in [0.29, 0.717) is 0 Å². The number of alkyl halides is 3. The maximum absolute atomic E-state index is 12.0. The summed E-state index contributed by atoms with van der Waals surface area (Å²) in [6.07, 6.45) is -5.02. The molecule has 2 N–H and O–H groups in total. The van der Waals surface area contributed by atoms with Crippen LogP contribution in [-0.2, 0) is 0 Å². The molecule has 0 aliphatic rings. The molecule has 0 amide bonds. The van der Waals surface area contributed by atoms with Crippen molar-refractivity contribution in [2.24, 2.45) is 5.73 Å². The summed E-state index contributed by atoms with van der Waals surface area (Å²) in [4.78, 5) is 0.969. The van der Waals surface area contributed by atoms with E-state index in [0.717, 1.165) is 14.2 Å². The average Bonchev–Trinajstić information content (AvgIpc) is 2.40. The van der Waals surface area contributed by atoms with Crippen LogP contribution in [0.2, 0.25) is 0 Å². The van der Waals surface area contributed by atoms with Crippen LogP contribution in [0, 0.1) is 6.92 Å². The summed E-state index contributed by atoms with van der Waals surface area (Å²) in [7, 11) is 0. The Morgan fingerprint density at radius 2 is 2.13 bits per heavy atom. The first-order chi connectivity index (χ1) is 6.79. The molecule has 0 spiro atoms. The Hall–Kier alpha value is -0.0700. The predicted molar refractivity (Wildman–Crippen MR) is 59.0 cm³/mol. The van der Waals surface area contributed by atoms with Crippen molar-refractivity contribution in [2.75, 3.05) is 0 Å². The normalized spacial score (nSPS) is 14.3. The third kappa shape index (κ3) is 4.12. The number of rotatable bonds is 3. The van der Waals surface area contributed by atoms with E-state index in [9.17, 15) is 13.2 Å². The van der Waals surface area contributed by atoms with Crippen LogP contribution in [0.1, 0.15) is 29.3 Å². The number of aryl methyl sites for hydroxylation is 1. The number of thiophene rings is 1. The second-order valence-corrected chi connectivity index (χ2v) is 5.96. The van der Waals surface area contributed by atoms with Gasteiger partial charge in [0.2, 0.25) is 0 Å². The molecular weight excluding hydrogens is 291 g/mol. The number of nitrogens with two attached hydrogens (primary N) is 1. The van der Waals surface area contributed by atoms with E-state index in [1.807, 2.05) is 6.92 Å². The maximum Gasteiger partial charge on any atom is 0.389 e. The molecule has 0 aromatic carbocycles. The van der Waals surface area contributed by atoms with Gasteiger partial charge < -0.3 is 5.73 Å². The standard InChI is InChI=1S/C9H11BrF3NS/c1-5-6(4-8(10)15-5)7(14)2-3-9(11,12)13/h4,7H,2-3,14H2,1H3. The zero-order valence-electron chi connectivity index (χ0n) is 8.07. The van der Waals surface area contributed by atoms with Gasteiger partial charge in [-0.3, -0.25) is 0 Å². The molecule has 15 heavy (non-hydrogen) atoms. The van der Waals surface area contributed by atoms with Crippen LogP contribution in [0.5, 0.6) is 0 Å². The zero-order valence-corrected chi connectivity index (χ0v) is 10.5. The highest BCUT2D eigenvalue weighted by molar-refractivity contribution is 9.11. The SMILES string of the molecule is Cc1sc(Br)cc1C(N)CCC(F)(F)F. The van der Waals surface area contributed by atoms with Gasteiger partial charge in [-0.2, -0.15) is 13.2 Å². The van der Waals surface area contributed by atoms with Crippen molar-refractivity contribution in [1.82, 2.24) is 0 Å². The molecule has 1 aromatic heterocycles. The summed E-state index contributed by atoms with van der Waals surface area (Å²) in [5, 5.41) is 0. The van der Waals surface area contributed by atoms with Crippen molar-refractivity contribution in [3.05, 3.63) is 20.3 Å². The van der Waals surface area contributed by atoms with Gasteiger partial charge in [0.05, 0.1) is 3.79 Å². The molecule has 0 aliphatic carbocycles. The zero-order chi connectivity index (χ0) is 11.6. The Morgan fingerprint density at radius 3 is 2.53 bits per heavy atom. The minimum Gasteiger partial charge on any atom is -0.324 e. The third-order valence-electron chi connectivity index (χ3n) is 2.06. The van der Waals surface area contributed by atoms with Crippen LogP contribution in [-0.4, -0.2) is 6.18 Å². The average molecular weight is 302 g/mol. The summed E-state index contributed by atoms with van der Waals surface area (Å²) in [6, 6.07) is 1.26. The van der Waals surface area contributed by atoms with Gasteiger partial charge in [-0.05, 0) is 40.9 Å². The molecule has 0 aliphatic heterocycles. The Kier molecular flexibility index (Phi) is 4.20. The van der Waals surface area contributed by atoms with Crippen LogP contribution in [0.25, 0.3) is 0 Å². The van der Waals surface area contributed by atoms with E-state index >= 15 is 0 Å². The fourth-order valence-corrected chi connectivity index (χ4v) is 3.08. The van der Waals surface area contributed by atoms with Crippen molar-refractivity contribution in [3.63, 3.8) is 0 Å². The van der Waals surface area contributed by atoms with Gasteiger partial charge >= 0.3 is 6.18 Å². The van der Waals surface area contributed by atoms with Crippen LogP contribution < -0.4 is 5.73 Å². The van der Waals surface area contributed by atoms with Gasteiger partial charge in [0.25, 0.3) is 0 Å². The summed E-state index contributed by atoms with van der Waals surface area (Å²) in [5.74, 6) is 0. The van der Waals surface area contributed by atoms with Gasteiger partial charge in [0.1, 0.15) is 0 Å². The highest BCUT2D eigenvalue weighted by atomic mass is 79.9. The summed E-state index contributed by atoms with van der Waals surface area (Å²) < 4.78 is 36.8. The summed E-state index contributed by atoms with van der Waals surface area (Å²) in [5.41, 5.74) is 6.50. The fraction of sp³-hybridized carbons (Fsp3) is 0.556. The Labute approximate surface area is 98.6 Å². The first kappa shape index (κ1) is 13.0. The molecule has 1 unspecified atom stereocenters. The van der Waals surface area contributed by atoms with E-state index in [-0.39, 0.29) is 6.42 Å². The van der Waals surface area contributed by atoms with E-state index in [1.165, 1.54) is 11.3 Å². The second kappa shape index (κ2) is 4.84. The predicted octanol–water partition coefficient (Wildman–Crippen LogP) is 4.16. The number of hydrogen-bond acceptors (Lipinski definition) is 2. The smallest absolute Gasteiger partial charge is 0.324 e. The first-order valence-corrected chi connectivity index (χ1v) is 5.98. The van der Waals surface area contributed by atoms with Crippen LogP contribution >= 0.6 is 27.3 Å². The van der Waals surface area contributed by atoms with Crippen molar-refractivity contribution in [3.8, 4) is 0 Å². The lowest BCUT2D eigenvalue weighted by molar-refractivity contribution is -0.136. The lowest BCUT2D eigenvalue weighted by Gasteiger charge is -2.12. The molecule has 1 heterocycles. The molecule has 0 fully saturated rings. The van der Waals surface area contributed by atoms with Crippen molar-refractivity contribution >= 4 is 27.3 Å². The quantitative estimate of drug-likeness (QED) is 0.891. The largest absolute Gasteiger partial charge is 0.389 e. The first-order valence-electron chi connectivity index (χ1n) is 4.38. The number of halogens is 4. The van der Waals surface area contributed by atoms with E-state index < -0.39 is 18.6 Å². The summed E-state index contributed by atoms with van der Waals surface area (Å²) in [6.45, 7) is 1.86. The molecule has 0 bridgehead atoms. The van der Waals surface area contributed by atoms with E-state index in [2.05, 4.69) is 15.9 Å². The Bertz CT molecular complexity index is 335. The minimum atomic E-state index is -4.13. The molecule has 6 heteroatoms. The Morgan fingerprint density at radius 1 is 1.53 bits per heavy atom. The maximum atomic E-state index is 12.0. The molecule has 0 saturated heterocycles. The Balaban J connectivity index is 2.61. The van der Waals surface area contributed by atoms with E-state index in [4.69, 9.17) is 5.73 Å². The minimum absolute atomic E-state index is 0.0620. The number of hydrogen-bond donors (Lipinski definition) is 1. The summed E-state index contributed by atoms with van der Waals surface area (Å²) >= 11 is 4.77. The second-order valence-electron chi connectivity index (χ2n) is 3.32. The van der Waals surface area contributed by atoms with Crippen molar-refractivity contribution in [1.29, 1.82) is 0 Å². The fourth-order valence-electron chi connectivity index (χ4n) is 1.30. The highest BCUT2D eigenvalue weighted by Crippen LogP contribution is 2.33.